The molecule has 3 heteroatoms. The smallest absolute Gasteiger partial charge is 0.337 e. The summed E-state index contributed by atoms with van der Waals surface area (Å²) < 4.78 is 4.75. The van der Waals surface area contributed by atoms with Crippen molar-refractivity contribution in [3.05, 3.63) is 64.7 Å². The quantitative estimate of drug-likeness (QED) is 0.868. The Kier molecular flexibility index (Phi) is 3.65. The first-order chi connectivity index (χ1) is 10.2. The van der Waals surface area contributed by atoms with Crippen LogP contribution in [-0.4, -0.2) is 13.1 Å². The fraction of sp³-hybridized carbons (Fsp3) is 0.278. The molecule has 108 valence electrons. The Morgan fingerprint density at radius 3 is 2.81 bits per heavy atom. The SMILES string of the molecule is COC(=O)c1ccc(NC2CCc3ccccc32)c(C)c1. The molecule has 1 aliphatic rings. The third-order valence-electron chi connectivity index (χ3n) is 4.11. The van der Waals surface area contributed by atoms with Crippen molar-refractivity contribution < 1.29 is 9.53 Å². The van der Waals surface area contributed by atoms with Crippen LogP contribution in [0.15, 0.2) is 42.5 Å². The first kappa shape index (κ1) is 13.7. The molecule has 3 rings (SSSR count). The highest BCUT2D eigenvalue weighted by atomic mass is 16.5. The minimum Gasteiger partial charge on any atom is -0.465 e. The van der Waals surface area contributed by atoms with Crippen LogP contribution in [0.5, 0.6) is 0 Å². The van der Waals surface area contributed by atoms with Gasteiger partial charge < -0.3 is 10.1 Å². The zero-order valence-corrected chi connectivity index (χ0v) is 12.3. The van der Waals surface area contributed by atoms with Gasteiger partial charge in [-0.3, -0.25) is 0 Å². The van der Waals surface area contributed by atoms with Crippen molar-refractivity contribution in [1.29, 1.82) is 0 Å². The van der Waals surface area contributed by atoms with Crippen molar-refractivity contribution in [1.82, 2.24) is 0 Å². The topological polar surface area (TPSA) is 38.3 Å². The molecule has 0 saturated heterocycles. The van der Waals surface area contributed by atoms with Gasteiger partial charge in [0.05, 0.1) is 18.7 Å². The normalized spacial score (nSPS) is 16.4. The van der Waals surface area contributed by atoms with Gasteiger partial charge in [-0.1, -0.05) is 24.3 Å². The van der Waals surface area contributed by atoms with Crippen LogP contribution in [-0.2, 0) is 11.2 Å². The lowest BCUT2D eigenvalue weighted by Gasteiger charge is -2.18. The zero-order valence-electron chi connectivity index (χ0n) is 12.3. The van der Waals surface area contributed by atoms with E-state index < -0.39 is 0 Å². The number of nitrogens with one attached hydrogen (secondary N) is 1. The minimum absolute atomic E-state index is 0.295. The van der Waals surface area contributed by atoms with E-state index in [1.807, 2.05) is 25.1 Å². The van der Waals surface area contributed by atoms with Crippen LogP contribution in [0.3, 0.4) is 0 Å². The van der Waals surface area contributed by atoms with E-state index in [0.717, 1.165) is 24.1 Å². The van der Waals surface area contributed by atoms with Gasteiger partial charge in [0.2, 0.25) is 0 Å². The first-order valence-corrected chi connectivity index (χ1v) is 7.22. The molecule has 0 amide bonds. The number of benzene rings is 2. The van der Waals surface area contributed by atoms with E-state index >= 15 is 0 Å². The Hall–Kier alpha value is -2.29. The fourth-order valence-corrected chi connectivity index (χ4v) is 2.97. The van der Waals surface area contributed by atoms with Crippen LogP contribution in [0.4, 0.5) is 5.69 Å². The molecule has 0 aliphatic heterocycles. The molecule has 21 heavy (non-hydrogen) atoms. The minimum atomic E-state index is -0.295. The molecule has 1 aliphatic carbocycles. The van der Waals surface area contributed by atoms with Crippen LogP contribution >= 0.6 is 0 Å². The van der Waals surface area contributed by atoms with Crippen LogP contribution in [0.1, 0.15) is 39.5 Å². The van der Waals surface area contributed by atoms with Gasteiger partial charge in [0.1, 0.15) is 0 Å². The largest absolute Gasteiger partial charge is 0.465 e. The molecule has 0 saturated carbocycles. The van der Waals surface area contributed by atoms with Gasteiger partial charge in [-0.25, -0.2) is 4.79 Å². The van der Waals surface area contributed by atoms with E-state index in [1.165, 1.54) is 18.2 Å². The highest BCUT2D eigenvalue weighted by Crippen LogP contribution is 2.34. The summed E-state index contributed by atoms with van der Waals surface area (Å²) >= 11 is 0. The molecular formula is C18H19NO2. The summed E-state index contributed by atoms with van der Waals surface area (Å²) in [7, 11) is 1.40. The summed E-state index contributed by atoms with van der Waals surface area (Å²) in [4.78, 5) is 11.5. The summed E-state index contributed by atoms with van der Waals surface area (Å²) in [6.45, 7) is 2.01. The van der Waals surface area contributed by atoms with Crippen molar-refractivity contribution in [2.75, 3.05) is 12.4 Å². The van der Waals surface area contributed by atoms with Gasteiger partial charge in [0.15, 0.2) is 0 Å². The number of carbonyl (C=O) groups is 1. The van der Waals surface area contributed by atoms with E-state index in [-0.39, 0.29) is 5.97 Å². The predicted octanol–water partition coefficient (Wildman–Crippen LogP) is 3.88. The Bertz CT molecular complexity index is 679. The number of hydrogen-bond acceptors (Lipinski definition) is 3. The lowest BCUT2D eigenvalue weighted by molar-refractivity contribution is 0.0600. The van der Waals surface area contributed by atoms with Crippen LogP contribution < -0.4 is 5.32 Å². The molecule has 3 nitrogen and oxygen atoms in total. The molecule has 0 fully saturated rings. The number of esters is 1. The second kappa shape index (κ2) is 5.60. The fourth-order valence-electron chi connectivity index (χ4n) is 2.97. The van der Waals surface area contributed by atoms with Gasteiger partial charge in [0, 0.05) is 5.69 Å². The third-order valence-corrected chi connectivity index (χ3v) is 4.11. The molecule has 0 spiro atoms. The summed E-state index contributed by atoms with van der Waals surface area (Å²) in [6.07, 6.45) is 2.23. The molecule has 1 unspecified atom stereocenters. The van der Waals surface area contributed by atoms with E-state index in [0.29, 0.717) is 11.6 Å². The average molecular weight is 281 g/mol. The highest BCUT2D eigenvalue weighted by Gasteiger charge is 2.22. The van der Waals surface area contributed by atoms with Crippen molar-refractivity contribution in [3.8, 4) is 0 Å². The molecule has 0 bridgehead atoms. The number of ether oxygens (including phenoxy) is 1. The predicted molar refractivity (Wildman–Crippen MR) is 83.6 cm³/mol. The number of aryl methyl sites for hydroxylation is 2. The molecule has 0 heterocycles. The second-order valence-corrected chi connectivity index (χ2v) is 5.46. The van der Waals surface area contributed by atoms with E-state index in [4.69, 9.17) is 4.74 Å². The maximum atomic E-state index is 11.5. The van der Waals surface area contributed by atoms with Gasteiger partial charge >= 0.3 is 5.97 Å². The maximum Gasteiger partial charge on any atom is 0.337 e. The van der Waals surface area contributed by atoms with Crippen molar-refractivity contribution in [3.63, 3.8) is 0 Å². The van der Waals surface area contributed by atoms with E-state index in [9.17, 15) is 4.79 Å². The van der Waals surface area contributed by atoms with E-state index in [2.05, 4.69) is 29.6 Å². The Balaban J connectivity index is 1.82. The van der Waals surface area contributed by atoms with Gasteiger partial charge in [-0.05, 0) is 54.7 Å². The zero-order chi connectivity index (χ0) is 14.8. The summed E-state index contributed by atoms with van der Waals surface area (Å²) in [5.74, 6) is -0.295. The summed E-state index contributed by atoms with van der Waals surface area (Å²) in [6, 6.07) is 14.6. The lowest BCUT2D eigenvalue weighted by Crippen LogP contribution is -2.09. The lowest BCUT2D eigenvalue weighted by atomic mass is 10.1. The maximum absolute atomic E-state index is 11.5. The number of anilines is 1. The number of hydrogen-bond donors (Lipinski definition) is 1. The van der Waals surface area contributed by atoms with Gasteiger partial charge in [-0.2, -0.15) is 0 Å². The van der Waals surface area contributed by atoms with Crippen molar-refractivity contribution in [2.24, 2.45) is 0 Å². The molecule has 0 radical (unpaired) electrons. The molecule has 2 aromatic rings. The van der Waals surface area contributed by atoms with Gasteiger partial charge in [-0.15, -0.1) is 0 Å². The average Bonchev–Trinajstić information content (AvgIpc) is 2.92. The molecule has 2 aromatic carbocycles. The van der Waals surface area contributed by atoms with Crippen molar-refractivity contribution in [2.45, 2.75) is 25.8 Å². The Labute approximate surface area is 124 Å². The molecule has 0 aromatic heterocycles. The van der Waals surface area contributed by atoms with Crippen molar-refractivity contribution >= 4 is 11.7 Å². The van der Waals surface area contributed by atoms with Crippen LogP contribution in [0.25, 0.3) is 0 Å². The number of carbonyl (C=O) groups excluding carboxylic acids is 1. The molecule has 1 N–H and O–H groups in total. The third kappa shape index (κ3) is 2.64. The molecule has 1 atom stereocenters. The van der Waals surface area contributed by atoms with E-state index in [1.54, 1.807) is 0 Å². The number of fused-ring (bicyclic) bond motifs is 1. The standard InChI is InChI=1S/C18H19NO2/c1-12-11-14(18(20)21-2)8-9-16(12)19-17-10-7-13-5-3-4-6-15(13)17/h3-6,8-9,11,17,19H,7,10H2,1-2H3. The first-order valence-electron chi connectivity index (χ1n) is 7.22. The summed E-state index contributed by atoms with van der Waals surface area (Å²) in [5.41, 5.74) is 5.53. The monoisotopic (exact) mass is 281 g/mol. The Morgan fingerprint density at radius 1 is 1.24 bits per heavy atom. The second-order valence-electron chi connectivity index (χ2n) is 5.46. The number of methoxy groups -OCH3 is 1. The van der Waals surface area contributed by atoms with Gasteiger partial charge in [0.25, 0.3) is 0 Å². The number of rotatable bonds is 3. The van der Waals surface area contributed by atoms with Crippen LogP contribution in [0, 0.1) is 6.92 Å². The highest BCUT2D eigenvalue weighted by molar-refractivity contribution is 5.90. The van der Waals surface area contributed by atoms with Crippen LogP contribution in [0.2, 0.25) is 0 Å². The summed E-state index contributed by atoms with van der Waals surface area (Å²) in [5, 5.41) is 3.60. The Morgan fingerprint density at radius 2 is 2.05 bits per heavy atom. The molecular weight excluding hydrogens is 262 g/mol.